The van der Waals surface area contributed by atoms with Gasteiger partial charge in [0.25, 0.3) is 5.69 Å². The molecule has 1 unspecified atom stereocenters. The van der Waals surface area contributed by atoms with Gasteiger partial charge in [-0.2, -0.15) is 0 Å². The van der Waals surface area contributed by atoms with Crippen LogP contribution in [0.2, 0.25) is 5.02 Å². The molecule has 6 heteroatoms. The SMILES string of the molecule is CC1=CC(C)(C)C=C(SCc2ccccc2[N+](=O)[O-])C1Nc1ccc(Cl)cc1. The number of halogens is 1. The Morgan fingerprint density at radius 2 is 1.82 bits per heavy atom. The van der Waals surface area contributed by atoms with E-state index in [4.69, 9.17) is 11.6 Å². The van der Waals surface area contributed by atoms with Gasteiger partial charge in [0.2, 0.25) is 0 Å². The van der Waals surface area contributed by atoms with Gasteiger partial charge in [-0.15, -0.1) is 11.8 Å². The number of rotatable bonds is 6. The minimum absolute atomic E-state index is 0.0296. The summed E-state index contributed by atoms with van der Waals surface area (Å²) in [5.74, 6) is 0.547. The van der Waals surface area contributed by atoms with Crippen LogP contribution in [0.4, 0.5) is 11.4 Å². The molecule has 0 saturated carbocycles. The highest BCUT2D eigenvalue weighted by Gasteiger charge is 2.27. The largest absolute Gasteiger partial charge is 0.374 e. The summed E-state index contributed by atoms with van der Waals surface area (Å²) in [6, 6.07) is 14.6. The van der Waals surface area contributed by atoms with E-state index in [1.807, 2.05) is 36.4 Å². The highest BCUT2D eigenvalue weighted by atomic mass is 35.5. The standard InChI is InChI=1S/C22H23ClN2O2S/c1-15-12-22(2,3)13-20(21(15)24-18-10-8-17(23)9-11-18)28-14-16-6-4-5-7-19(16)25(26)27/h4-13,21,24H,14H2,1-3H3. The zero-order valence-corrected chi connectivity index (χ0v) is 17.7. The predicted octanol–water partition coefficient (Wildman–Crippen LogP) is 6.83. The molecule has 1 atom stereocenters. The van der Waals surface area contributed by atoms with Crippen molar-refractivity contribution in [3.63, 3.8) is 0 Å². The lowest BCUT2D eigenvalue weighted by Crippen LogP contribution is -2.28. The Labute approximate surface area is 174 Å². The Bertz CT molecular complexity index is 936. The molecule has 1 aliphatic rings. The smallest absolute Gasteiger partial charge is 0.273 e. The molecule has 1 N–H and O–H groups in total. The fourth-order valence-corrected chi connectivity index (χ4v) is 4.87. The summed E-state index contributed by atoms with van der Waals surface area (Å²) in [5.41, 5.74) is 3.05. The van der Waals surface area contributed by atoms with Crippen LogP contribution in [-0.2, 0) is 5.75 Å². The second-order valence-corrected chi connectivity index (χ2v) is 9.00. The van der Waals surface area contributed by atoms with Crippen LogP contribution in [0.1, 0.15) is 26.3 Å². The van der Waals surface area contributed by atoms with Crippen molar-refractivity contribution >= 4 is 34.7 Å². The number of para-hydroxylation sites is 1. The molecule has 0 aromatic heterocycles. The van der Waals surface area contributed by atoms with E-state index in [-0.39, 0.29) is 22.1 Å². The van der Waals surface area contributed by atoms with Crippen LogP contribution < -0.4 is 5.32 Å². The lowest BCUT2D eigenvalue weighted by molar-refractivity contribution is -0.385. The highest BCUT2D eigenvalue weighted by molar-refractivity contribution is 8.02. The summed E-state index contributed by atoms with van der Waals surface area (Å²) in [4.78, 5) is 12.2. The number of anilines is 1. The van der Waals surface area contributed by atoms with Crippen molar-refractivity contribution in [3.8, 4) is 0 Å². The van der Waals surface area contributed by atoms with Crippen LogP contribution in [0.3, 0.4) is 0 Å². The number of hydrogen-bond acceptors (Lipinski definition) is 4. The molecule has 0 bridgehead atoms. The molecular weight excluding hydrogens is 392 g/mol. The van der Waals surface area contributed by atoms with Crippen molar-refractivity contribution in [3.05, 3.63) is 91.9 Å². The molecule has 4 nitrogen and oxygen atoms in total. The zero-order valence-electron chi connectivity index (χ0n) is 16.1. The molecule has 0 heterocycles. The topological polar surface area (TPSA) is 55.2 Å². The minimum atomic E-state index is -0.316. The predicted molar refractivity (Wildman–Crippen MR) is 119 cm³/mol. The molecule has 0 amide bonds. The first-order valence-electron chi connectivity index (χ1n) is 9.04. The normalized spacial score (nSPS) is 18.2. The van der Waals surface area contributed by atoms with E-state index in [1.54, 1.807) is 23.9 Å². The van der Waals surface area contributed by atoms with Gasteiger partial charge >= 0.3 is 0 Å². The Morgan fingerprint density at radius 1 is 1.14 bits per heavy atom. The van der Waals surface area contributed by atoms with Crippen molar-refractivity contribution < 1.29 is 4.92 Å². The number of thioether (sulfide) groups is 1. The third-order valence-electron chi connectivity index (χ3n) is 4.59. The van der Waals surface area contributed by atoms with E-state index >= 15 is 0 Å². The lowest BCUT2D eigenvalue weighted by atomic mass is 9.83. The highest BCUT2D eigenvalue weighted by Crippen LogP contribution is 2.40. The summed E-state index contributed by atoms with van der Waals surface area (Å²) >= 11 is 7.64. The molecule has 0 saturated heterocycles. The average Bonchev–Trinajstić information content (AvgIpc) is 2.63. The third-order valence-corrected chi connectivity index (χ3v) is 5.99. The van der Waals surface area contributed by atoms with Gasteiger partial charge in [-0.25, -0.2) is 0 Å². The van der Waals surface area contributed by atoms with Crippen molar-refractivity contribution in [2.24, 2.45) is 5.41 Å². The second kappa shape index (κ2) is 8.41. The van der Waals surface area contributed by atoms with Gasteiger partial charge in [-0.3, -0.25) is 10.1 Å². The van der Waals surface area contributed by atoms with Gasteiger partial charge in [0.1, 0.15) is 0 Å². The Balaban J connectivity index is 1.84. The number of benzene rings is 2. The summed E-state index contributed by atoms with van der Waals surface area (Å²) < 4.78 is 0. The molecule has 28 heavy (non-hydrogen) atoms. The molecule has 0 spiro atoms. The van der Waals surface area contributed by atoms with Crippen molar-refractivity contribution in [1.82, 2.24) is 0 Å². The fraction of sp³-hybridized carbons (Fsp3) is 0.273. The number of nitro benzene ring substituents is 1. The summed E-state index contributed by atoms with van der Waals surface area (Å²) in [6.07, 6.45) is 4.50. The lowest BCUT2D eigenvalue weighted by Gasteiger charge is -2.32. The second-order valence-electron chi connectivity index (χ2n) is 7.52. The van der Waals surface area contributed by atoms with Gasteiger partial charge in [-0.05, 0) is 36.8 Å². The first kappa shape index (κ1) is 20.5. The van der Waals surface area contributed by atoms with E-state index in [0.29, 0.717) is 10.8 Å². The summed E-state index contributed by atoms with van der Waals surface area (Å²) in [5, 5.41) is 15.6. The molecule has 3 rings (SSSR count). The molecule has 0 radical (unpaired) electrons. The van der Waals surface area contributed by atoms with E-state index in [9.17, 15) is 10.1 Å². The van der Waals surface area contributed by atoms with Gasteiger partial charge in [0, 0.05) is 38.4 Å². The van der Waals surface area contributed by atoms with E-state index in [2.05, 4.69) is 38.2 Å². The maximum atomic E-state index is 11.3. The molecular formula is C22H23ClN2O2S. The van der Waals surface area contributed by atoms with E-state index in [1.165, 1.54) is 5.57 Å². The van der Waals surface area contributed by atoms with Gasteiger partial charge in [-0.1, -0.05) is 55.8 Å². The van der Waals surface area contributed by atoms with Crippen LogP contribution in [0, 0.1) is 15.5 Å². The van der Waals surface area contributed by atoms with Gasteiger partial charge in [0.15, 0.2) is 0 Å². The zero-order chi connectivity index (χ0) is 20.3. The molecule has 2 aromatic rings. The van der Waals surface area contributed by atoms with Gasteiger partial charge in [0.05, 0.1) is 11.0 Å². The molecule has 0 fully saturated rings. The minimum Gasteiger partial charge on any atom is -0.374 e. The first-order chi connectivity index (χ1) is 13.2. The Morgan fingerprint density at radius 3 is 2.50 bits per heavy atom. The van der Waals surface area contributed by atoms with Gasteiger partial charge < -0.3 is 5.32 Å². The third kappa shape index (κ3) is 4.97. The first-order valence-corrected chi connectivity index (χ1v) is 10.4. The van der Waals surface area contributed by atoms with Crippen LogP contribution >= 0.6 is 23.4 Å². The van der Waals surface area contributed by atoms with Crippen molar-refractivity contribution in [2.45, 2.75) is 32.6 Å². The number of nitro groups is 1. The monoisotopic (exact) mass is 414 g/mol. The molecule has 2 aromatic carbocycles. The van der Waals surface area contributed by atoms with E-state index in [0.717, 1.165) is 16.2 Å². The number of hydrogen-bond donors (Lipinski definition) is 1. The maximum absolute atomic E-state index is 11.3. The number of allylic oxidation sites excluding steroid dienone is 2. The molecule has 146 valence electrons. The van der Waals surface area contributed by atoms with Crippen LogP contribution in [0.5, 0.6) is 0 Å². The molecule has 0 aliphatic heterocycles. The maximum Gasteiger partial charge on any atom is 0.273 e. The molecule has 1 aliphatic carbocycles. The average molecular weight is 415 g/mol. The van der Waals surface area contributed by atoms with E-state index < -0.39 is 0 Å². The van der Waals surface area contributed by atoms with Crippen LogP contribution in [-0.4, -0.2) is 11.0 Å². The Kier molecular flexibility index (Phi) is 6.16. The Hall–Kier alpha value is -2.24. The quantitative estimate of drug-likeness (QED) is 0.319. The fourth-order valence-electron chi connectivity index (χ4n) is 3.38. The number of nitrogens with zero attached hydrogens (tertiary/aromatic N) is 1. The van der Waals surface area contributed by atoms with Crippen LogP contribution in [0.25, 0.3) is 0 Å². The number of nitrogens with one attached hydrogen (secondary N) is 1. The van der Waals surface area contributed by atoms with Crippen molar-refractivity contribution in [1.29, 1.82) is 0 Å². The summed E-state index contributed by atoms with van der Waals surface area (Å²) in [7, 11) is 0. The van der Waals surface area contributed by atoms with Crippen LogP contribution in [0.15, 0.2) is 71.2 Å². The summed E-state index contributed by atoms with van der Waals surface area (Å²) in [6.45, 7) is 6.45. The van der Waals surface area contributed by atoms with Crippen molar-refractivity contribution in [2.75, 3.05) is 5.32 Å².